The second kappa shape index (κ2) is 8.22. The molecule has 2 rings (SSSR count). The molecule has 118 valence electrons. The van der Waals surface area contributed by atoms with Crippen LogP contribution in [0.2, 0.25) is 0 Å². The predicted molar refractivity (Wildman–Crippen MR) is 86.0 cm³/mol. The molecule has 0 N–H and O–H groups in total. The van der Waals surface area contributed by atoms with Crippen LogP contribution < -0.4 is 9.47 Å². The van der Waals surface area contributed by atoms with Gasteiger partial charge in [-0.2, -0.15) is 4.98 Å². The smallest absolute Gasteiger partial charge is 0.250 e. The van der Waals surface area contributed by atoms with Crippen LogP contribution in [0.15, 0.2) is 22.7 Å². The number of unbranched alkanes of at least 4 members (excludes halogenated alkanes) is 2. The van der Waals surface area contributed by atoms with Gasteiger partial charge in [0, 0.05) is 12.5 Å². The largest absolute Gasteiger partial charge is 0.493 e. The molecule has 0 fully saturated rings. The zero-order valence-corrected chi connectivity index (χ0v) is 13.3. The van der Waals surface area contributed by atoms with E-state index < -0.39 is 0 Å². The highest BCUT2D eigenvalue weighted by Gasteiger charge is 2.05. The average Bonchev–Trinajstić information content (AvgIpc) is 3.00. The Balaban J connectivity index is 2.02. The van der Waals surface area contributed by atoms with E-state index in [1.165, 1.54) is 12.8 Å². The van der Waals surface area contributed by atoms with Crippen LogP contribution in [0.5, 0.6) is 11.5 Å². The Bertz CT molecular complexity index is 620. The first-order chi connectivity index (χ1) is 10.8. The summed E-state index contributed by atoms with van der Waals surface area (Å²) in [6, 6.07) is 5.70. The molecule has 0 radical (unpaired) electrons. The average molecular weight is 302 g/mol. The summed E-state index contributed by atoms with van der Waals surface area (Å²) in [5, 5.41) is 3.98. The molecule has 22 heavy (non-hydrogen) atoms. The minimum Gasteiger partial charge on any atom is -0.493 e. The SMILES string of the molecule is CCCCCc1noc(/C=C/c2ccc(OC)c(OC)c2)n1. The van der Waals surface area contributed by atoms with Crippen LogP contribution in [-0.2, 0) is 6.42 Å². The molecule has 0 saturated carbocycles. The van der Waals surface area contributed by atoms with Gasteiger partial charge < -0.3 is 14.0 Å². The molecular weight excluding hydrogens is 280 g/mol. The van der Waals surface area contributed by atoms with E-state index in [2.05, 4.69) is 17.1 Å². The fourth-order valence-corrected chi connectivity index (χ4v) is 2.09. The minimum atomic E-state index is 0.515. The summed E-state index contributed by atoms with van der Waals surface area (Å²) in [5.41, 5.74) is 0.975. The number of hydrogen-bond acceptors (Lipinski definition) is 5. The number of nitrogens with zero attached hydrogens (tertiary/aromatic N) is 2. The first-order valence-corrected chi connectivity index (χ1v) is 7.49. The third kappa shape index (κ3) is 4.35. The van der Waals surface area contributed by atoms with Crippen molar-refractivity contribution in [1.29, 1.82) is 0 Å². The highest BCUT2D eigenvalue weighted by Crippen LogP contribution is 2.28. The van der Waals surface area contributed by atoms with Crippen molar-refractivity contribution in [2.75, 3.05) is 14.2 Å². The second-order valence-corrected chi connectivity index (χ2v) is 4.95. The normalized spacial score (nSPS) is 11.0. The molecule has 1 aromatic heterocycles. The van der Waals surface area contributed by atoms with Gasteiger partial charge in [0.15, 0.2) is 17.3 Å². The third-order valence-corrected chi connectivity index (χ3v) is 3.31. The lowest BCUT2D eigenvalue weighted by atomic mass is 10.2. The Hall–Kier alpha value is -2.30. The third-order valence-electron chi connectivity index (χ3n) is 3.31. The Morgan fingerprint density at radius 2 is 1.91 bits per heavy atom. The standard InChI is InChI=1S/C17H22N2O3/c1-4-5-6-7-16-18-17(22-19-16)11-9-13-8-10-14(20-2)15(12-13)21-3/h8-12H,4-7H2,1-3H3/b11-9+. The lowest BCUT2D eigenvalue weighted by Gasteiger charge is -2.07. The fourth-order valence-electron chi connectivity index (χ4n) is 2.09. The molecule has 0 atom stereocenters. The Labute approximate surface area is 130 Å². The summed E-state index contributed by atoms with van der Waals surface area (Å²) >= 11 is 0. The van der Waals surface area contributed by atoms with E-state index in [4.69, 9.17) is 14.0 Å². The van der Waals surface area contributed by atoms with Gasteiger partial charge in [-0.1, -0.05) is 31.0 Å². The Kier molecular flexibility index (Phi) is 6.01. The molecular formula is C17H22N2O3. The molecule has 2 aromatic rings. The van der Waals surface area contributed by atoms with Crippen LogP contribution in [0.4, 0.5) is 0 Å². The highest BCUT2D eigenvalue weighted by molar-refractivity contribution is 5.67. The van der Waals surface area contributed by atoms with Crippen molar-refractivity contribution in [3.05, 3.63) is 35.5 Å². The van der Waals surface area contributed by atoms with Crippen LogP contribution >= 0.6 is 0 Å². The van der Waals surface area contributed by atoms with E-state index in [1.54, 1.807) is 20.3 Å². The van der Waals surface area contributed by atoms with Gasteiger partial charge in [0.05, 0.1) is 14.2 Å². The topological polar surface area (TPSA) is 57.4 Å². The number of methoxy groups -OCH3 is 2. The van der Waals surface area contributed by atoms with Crippen molar-refractivity contribution in [2.45, 2.75) is 32.6 Å². The first-order valence-electron chi connectivity index (χ1n) is 7.49. The van der Waals surface area contributed by atoms with Crippen LogP contribution in [-0.4, -0.2) is 24.4 Å². The van der Waals surface area contributed by atoms with Gasteiger partial charge in [-0.25, -0.2) is 0 Å². The van der Waals surface area contributed by atoms with E-state index in [0.29, 0.717) is 17.4 Å². The van der Waals surface area contributed by atoms with E-state index >= 15 is 0 Å². The summed E-state index contributed by atoms with van der Waals surface area (Å²) in [6.07, 6.45) is 8.04. The van der Waals surface area contributed by atoms with Gasteiger partial charge in [-0.3, -0.25) is 0 Å². The molecule has 0 saturated heterocycles. The molecule has 0 aliphatic heterocycles. The second-order valence-electron chi connectivity index (χ2n) is 4.95. The van der Waals surface area contributed by atoms with Crippen molar-refractivity contribution in [3.8, 4) is 11.5 Å². The van der Waals surface area contributed by atoms with E-state index in [-0.39, 0.29) is 0 Å². The number of rotatable bonds is 8. The van der Waals surface area contributed by atoms with Gasteiger partial charge in [-0.15, -0.1) is 0 Å². The first kappa shape index (κ1) is 16.1. The maximum absolute atomic E-state index is 5.28. The molecule has 5 heteroatoms. The van der Waals surface area contributed by atoms with E-state index in [0.717, 1.165) is 24.2 Å². The molecule has 1 aromatic carbocycles. The van der Waals surface area contributed by atoms with Crippen LogP contribution in [0.3, 0.4) is 0 Å². The predicted octanol–water partition coefficient (Wildman–Crippen LogP) is 3.99. The van der Waals surface area contributed by atoms with Gasteiger partial charge in [-0.05, 0) is 30.2 Å². The van der Waals surface area contributed by atoms with Gasteiger partial charge >= 0.3 is 0 Å². The summed E-state index contributed by atoms with van der Waals surface area (Å²) in [4.78, 5) is 4.35. The number of aryl methyl sites for hydroxylation is 1. The van der Waals surface area contributed by atoms with Crippen molar-refractivity contribution >= 4 is 12.2 Å². The molecule has 0 spiro atoms. The van der Waals surface area contributed by atoms with Crippen LogP contribution in [0, 0.1) is 0 Å². The van der Waals surface area contributed by atoms with Crippen molar-refractivity contribution in [2.24, 2.45) is 0 Å². The molecule has 0 aliphatic carbocycles. The molecule has 0 unspecified atom stereocenters. The van der Waals surface area contributed by atoms with Gasteiger partial charge in [0.2, 0.25) is 0 Å². The van der Waals surface area contributed by atoms with E-state index in [1.807, 2.05) is 24.3 Å². The monoisotopic (exact) mass is 302 g/mol. The zero-order valence-electron chi connectivity index (χ0n) is 13.3. The molecule has 0 amide bonds. The number of ether oxygens (including phenoxy) is 2. The number of hydrogen-bond donors (Lipinski definition) is 0. The van der Waals surface area contributed by atoms with Crippen LogP contribution in [0.1, 0.15) is 43.5 Å². The lowest BCUT2D eigenvalue weighted by molar-refractivity contribution is 0.355. The molecule has 0 bridgehead atoms. The minimum absolute atomic E-state index is 0.515. The van der Waals surface area contributed by atoms with Crippen molar-refractivity contribution < 1.29 is 14.0 Å². The number of benzene rings is 1. The summed E-state index contributed by atoms with van der Waals surface area (Å²) in [6.45, 7) is 2.17. The van der Waals surface area contributed by atoms with Gasteiger partial charge in [0.1, 0.15) is 0 Å². The quantitative estimate of drug-likeness (QED) is 0.690. The molecule has 0 aliphatic rings. The maximum Gasteiger partial charge on any atom is 0.250 e. The summed E-state index contributed by atoms with van der Waals surface area (Å²) < 4.78 is 15.7. The Morgan fingerprint density at radius 3 is 2.64 bits per heavy atom. The maximum atomic E-state index is 5.28. The number of aromatic nitrogens is 2. The zero-order chi connectivity index (χ0) is 15.8. The molecule has 1 heterocycles. The molecule has 5 nitrogen and oxygen atoms in total. The van der Waals surface area contributed by atoms with Crippen molar-refractivity contribution in [1.82, 2.24) is 10.1 Å². The fraction of sp³-hybridized carbons (Fsp3) is 0.412. The van der Waals surface area contributed by atoms with Crippen LogP contribution in [0.25, 0.3) is 12.2 Å². The summed E-state index contributed by atoms with van der Waals surface area (Å²) in [7, 11) is 3.23. The summed E-state index contributed by atoms with van der Waals surface area (Å²) in [5.74, 6) is 2.67. The highest BCUT2D eigenvalue weighted by atomic mass is 16.5. The van der Waals surface area contributed by atoms with E-state index in [9.17, 15) is 0 Å². The lowest BCUT2D eigenvalue weighted by Crippen LogP contribution is -1.90. The van der Waals surface area contributed by atoms with Crippen molar-refractivity contribution in [3.63, 3.8) is 0 Å². The van der Waals surface area contributed by atoms with Gasteiger partial charge in [0.25, 0.3) is 5.89 Å². The Morgan fingerprint density at radius 1 is 1.09 bits per heavy atom.